The molecule has 0 saturated heterocycles. The summed E-state index contributed by atoms with van der Waals surface area (Å²) in [6.45, 7) is 4.42. The average Bonchev–Trinajstić information content (AvgIpc) is 1.14. The summed E-state index contributed by atoms with van der Waals surface area (Å²) in [7, 11) is 20.9. The van der Waals surface area contributed by atoms with E-state index < -0.39 is 10.4 Å². The number of carbonyl (C=O) groups is 1. The Morgan fingerprint density at radius 1 is 1.20 bits per heavy atom. The third-order valence-electron chi connectivity index (χ3n) is 0. The molecule has 0 aliphatic carbocycles. The SMILES string of the molecule is [CH2-]C(C)=O.[Cl][Ta]([Cl])([Cl])([Cl])[Cl]. The van der Waals surface area contributed by atoms with Gasteiger partial charge in [0.25, 0.3) is 0 Å². The molecule has 1 nitrogen and oxygen atoms in total. The van der Waals surface area contributed by atoms with E-state index in [-0.39, 0.29) is 5.78 Å². The maximum absolute atomic E-state index is 9.33. The Labute approximate surface area is 80.0 Å². The molecule has 0 fully saturated rings. The van der Waals surface area contributed by atoms with Crippen molar-refractivity contribution in [3.05, 3.63) is 6.92 Å². The molecule has 0 aromatic carbocycles. The van der Waals surface area contributed by atoms with Gasteiger partial charge in [-0.15, -0.1) is 0 Å². The van der Waals surface area contributed by atoms with Crippen LogP contribution < -0.4 is 0 Å². The summed E-state index contributed by atoms with van der Waals surface area (Å²) >= 11 is 0. The van der Waals surface area contributed by atoms with Crippen LogP contribution in [0.1, 0.15) is 6.92 Å². The predicted octanol–water partition coefficient (Wildman–Crippen LogP) is 3.85. The number of hydrogen-bond acceptors (Lipinski definition) is 1. The summed E-state index contributed by atoms with van der Waals surface area (Å²) in [5, 5.41) is 0. The molecule has 0 radical (unpaired) electrons. The Kier molecular flexibility index (Phi) is 6.68. The van der Waals surface area contributed by atoms with Gasteiger partial charge in [-0.2, -0.15) is 0 Å². The zero-order valence-corrected chi connectivity index (χ0v) is 11.9. The molecule has 0 aromatic heterocycles. The fourth-order valence-corrected chi connectivity index (χ4v) is 0. The molecule has 10 heavy (non-hydrogen) atoms. The molecule has 7 heteroatoms. The van der Waals surface area contributed by atoms with Crippen LogP contribution >= 0.6 is 45.9 Å². The van der Waals surface area contributed by atoms with Gasteiger partial charge in [0, 0.05) is 0 Å². The topological polar surface area (TPSA) is 17.1 Å². The van der Waals surface area contributed by atoms with Gasteiger partial charge in [0.15, 0.2) is 0 Å². The number of halogens is 5. The van der Waals surface area contributed by atoms with Gasteiger partial charge in [0.2, 0.25) is 0 Å². The molecule has 0 amide bonds. The predicted molar refractivity (Wildman–Crippen MR) is 45.3 cm³/mol. The third-order valence-corrected chi connectivity index (χ3v) is 0. The molecule has 64 valence electrons. The van der Waals surface area contributed by atoms with E-state index in [4.69, 9.17) is 45.9 Å². The second-order valence-corrected chi connectivity index (χ2v) is 47.8. The van der Waals surface area contributed by atoms with Gasteiger partial charge in [-0.05, 0) is 12.7 Å². The normalized spacial score (nSPS) is 14.0. The van der Waals surface area contributed by atoms with E-state index in [1.807, 2.05) is 0 Å². The maximum atomic E-state index is 9.33. The number of rotatable bonds is 0. The molecular weight excluding hydrogens is 410 g/mol. The zero-order valence-electron chi connectivity index (χ0n) is 4.95. The van der Waals surface area contributed by atoms with Crippen LogP contribution in [0.3, 0.4) is 0 Å². The first-order valence-corrected chi connectivity index (χ1v) is 21.8. The van der Waals surface area contributed by atoms with Gasteiger partial charge in [-0.3, -0.25) is 0 Å². The number of ketones is 1. The molecule has 0 spiro atoms. The van der Waals surface area contributed by atoms with E-state index in [9.17, 15) is 4.79 Å². The van der Waals surface area contributed by atoms with Gasteiger partial charge >= 0.3 is 56.4 Å². The molecule has 0 rings (SSSR count). The summed E-state index contributed by atoms with van der Waals surface area (Å²) in [5.74, 6) is -0.0833. The van der Waals surface area contributed by atoms with Crippen molar-refractivity contribution < 1.29 is 15.2 Å². The Morgan fingerprint density at radius 2 is 1.20 bits per heavy atom. The van der Waals surface area contributed by atoms with Crippen molar-refractivity contribution >= 4 is 51.7 Å². The van der Waals surface area contributed by atoms with E-state index in [0.717, 1.165) is 0 Å². The van der Waals surface area contributed by atoms with Crippen molar-refractivity contribution in [3.8, 4) is 0 Å². The fraction of sp³-hybridized carbons (Fsp3) is 0.333. The Hall–Kier alpha value is 1.73. The van der Waals surface area contributed by atoms with Crippen molar-refractivity contribution in [2.24, 2.45) is 0 Å². The Balaban J connectivity index is 0. The van der Waals surface area contributed by atoms with Crippen LogP contribution in [0.2, 0.25) is 0 Å². The van der Waals surface area contributed by atoms with E-state index in [0.29, 0.717) is 0 Å². The summed E-state index contributed by atoms with van der Waals surface area (Å²) < 4.78 is 0. The van der Waals surface area contributed by atoms with Gasteiger partial charge < -0.3 is 11.7 Å². The van der Waals surface area contributed by atoms with Crippen LogP contribution in [0.4, 0.5) is 0 Å². The van der Waals surface area contributed by atoms with Crippen molar-refractivity contribution in [1.82, 2.24) is 0 Å². The first kappa shape index (κ1) is 14.3. The Bertz CT molecular complexity index is 104. The molecule has 0 N–H and O–H groups in total. The minimum absolute atomic E-state index is 0.0833. The summed E-state index contributed by atoms with van der Waals surface area (Å²) in [5.41, 5.74) is 0. The summed E-state index contributed by atoms with van der Waals surface area (Å²) in [6.07, 6.45) is 0. The molecule has 0 bridgehead atoms. The fourth-order valence-electron chi connectivity index (χ4n) is 0. The molecule has 0 aromatic rings. The molecule has 0 aliphatic heterocycles. The quantitative estimate of drug-likeness (QED) is 0.550. The van der Waals surface area contributed by atoms with Crippen molar-refractivity contribution in [3.63, 3.8) is 0 Å². The average molecular weight is 415 g/mol. The van der Waals surface area contributed by atoms with Gasteiger partial charge in [-0.1, -0.05) is 0 Å². The second kappa shape index (κ2) is 4.68. The molecule has 0 atom stereocenters. The van der Waals surface area contributed by atoms with E-state index in [1.165, 1.54) is 6.92 Å². The summed E-state index contributed by atoms with van der Waals surface area (Å²) in [4.78, 5) is 9.33. The van der Waals surface area contributed by atoms with Crippen LogP contribution in [0.5, 0.6) is 0 Å². The molecule has 0 saturated carbocycles. The standard InChI is InChI=1S/C3H5O.5ClH.Ta/c1-3(2)4;;;;;;/h1H2,2H3;5*1H;/q-1;;;;;;+5/p-5. The van der Waals surface area contributed by atoms with Crippen LogP contribution in [-0.2, 0) is 15.2 Å². The Morgan fingerprint density at radius 3 is 1.20 bits per heavy atom. The molecule has 0 heterocycles. The van der Waals surface area contributed by atoms with Crippen LogP contribution in [-0.4, -0.2) is 5.78 Å². The number of carbonyl (C=O) groups excluding carboxylic acids is 1. The molecular formula is C3H5Cl5OTa-. The minimum atomic E-state index is -4.44. The van der Waals surface area contributed by atoms with Crippen LogP contribution in [0, 0.1) is 6.92 Å². The van der Waals surface area contributed by atoms with E-state index in [2.05, 4.69) is 6.92 Å². The van der Waals surface area contributed by atoms with Crippen LogP contribution in [0.15, 0.2) is 0 Å². The third kappa shape index (κ3) is 248. The monoisotopic (exact) mass is 413 g/mol. The van der Waals surface area contributed by atoms with Gasteiger partial charge in [0.1, 0.15) is 0 Å². The van der Waals surface area contributed by atoms with Gasteiger partial charge in [0.05, 0.1) is 0 Å². The number of hydrogen-bond donors (Lipinski definition) is 0. The van der Waals surface area contributed by atoms with E-state index in [1.54, 1.807) is 0 Å². The van der Waals surface area contributed by atoms with Gasteiger partial charge in [-0.25, -0.2) is 0 Å². The second-order valence-electron chi connectivity index (χ2n) is 1.34. The first-order valence-electron chi connectivity index (χ1n) is 1.90. The first-order chi connectivity index (χ1) is 3.97. The van der Waals surface area contributed by atoms with E-state index >= 15 is 0 Å². The number of Topliss-reactive ketones (excluding diaryl/α,β-unsaturated/α-hetero) is 1. The zero-order chi connectivity index (χ0) is 9.02. The van der Waals surface area contributed by atoms with Crippen molar-refractivity contribution in [2.75, 3.05) is 0 Å². The van der Waals surface area contributed by atoms with Crippen LogP contribution in [0.25, 0.3) is 0 Å². The molecule has 0 unspecified atom stereocenters. The summed E-state index contributed by atoms with van der Waals surface area (Å²) in [6, 6.07) is 0. The molecule has 0 aliphatic rings. The van der Waals surface area contributed by atoms with Crippen molar-refractivity contribution in [1.29, 1.82) is 0 Å². The van der Waals surface area contributed by atoms with Crippen molar-refractivity contribution in [2.45, 2.75) is 6.92 Å².